The molecule has 0 aromatic heterocycles. The molecule has 0 aliphatic carbocycles. The molecule has 0 heterocycles. The molecule has 0 aliphatic heterocycles. The van der Waals surface area contributed by atoms with Crippen molar-refractivity contribution in [1.82, 2.24) is 0 Å². The van der Waals surface area contributed by atoms with Gasteiger partial charge >= 0.3 is 5.97 Å². The third-order valence-corrected chi connectivity index (χ3v) is 5.56. The lowest BCUT2D eigenvalue weighted by Gasteiger charge is -2.22. The van der Waals surface area contributed by atoms with Crippen LogP contribution in [-0.4, -0.2) is 18.2 Å². The smallest absolute Gasteiger partial charge is 0.337 e. The molecule has 0 radical (unpaired) electrons. The lowest BCUT2D eigenvalue weighted by Crippen LogP contribution is -2.08. The molecule has 3 rings (SSSR count). The van der Waals surface area contributed by atoms with Crippen LogP contribution in [0.15, 0.2) is 77.7 Å². The molecular weight excluding hydrogens is 368 g/mol. The van der Waals surface area contributed by atoms with Crippen molar-refractivity contribution in [1.29, 1.82) is 0 Å². The minimum atomic E-state index is -1.04. The first-order valence-electron chi connectivity index (χ1n) is 7.98. The van der Waals surface area contributed by atoms with Crippen molar-refractivity contribution in [2.75, 3.05) is 7.11 Å². The van der Waals surface area contributed by atoms with E-state index in [0.29, 0.717) is 11.3 Å². The minimum absolute atomic E-state index is 0.119. The SMILES string of the molecule is COc1ccccc1C(Sc1ccccc1)c1cccc(Cl)c1C(=O)O. The van der Waals surface area contributed by atoms with Crippen molar-refractivity contribution in [3.63, 3.8) is 0 Å². The van der Waals surface area contributed by atoms with Gasteiger partial charge in [-0.2, -0.15) is 0 Å². The third-order valence-electron chi connectivity index (χ3n) is 3.96. The number of benzene rings is 3. The molecule has 1 atom stereocenters. The number of rotatable bonds is 6. The van der Waals surface area contributed by atoms with E-state index in [9.17, 15) is 9.90 Å². The maximum atomic E-state index is 11.9. The Hall–Kier alpha value is -2.43. The van der Waals surface area contributed by atoms with Gasteiger partial charge in [0.1, 0.15) is 5.75 Å². The number of ether oxygens (including phenoxy) is 1. The molecule has 3 nitrogen and oxygen atoms in total. The van der Waals surface area contributed by atoms with Crippen molar-refractivity contribution < 1.29 is 14.6 Å². The van der Waals surface area contributed by atoms with Crippen molar-refractivity contribution >= 4 is 29.3 Å². The van der Waals surface area contributed by atoms with Crippen LogP contribution in [0, 0.1) is 0 Å². The number of aromatic carboxylic acids is 1. The van der Waals surface area contributed by atoms with Gasteiger partial charge in [0.2, 0.25) is 0 Å². The molecule has 132 valence electrons. The van der Waals surface area contributed by atoms with Crippen LogP contribution < -0.4 is 4.74 Å². The second-order valence-electron chi connectivity index (χ2n) is 5.56. The van der Waals surface area contributed by atoms with E-state index in [1.54, 1.807) is 31.0 Å². The quantitative estimate of drug-likeness (QED) is 0.535. The maximum Gasteiger partial charge on any atom is 0.337 e. The highest BCUT2D eigenvalue weighted by Crippen LogP contribution is 2.45. The van der Waals surface area contributed by atoms with Gasteiger partial charge in [-0.3, -0.25) is 0 Å². The van der Waals surface area contributed by atoms with Crippen molar-refractivity contribution in [2.24, 2.45) is 0 Å². The van der Waals surface area contributed by atoms with Crippen LogP contribution in [0.5, 0.6) is 5.75 Å². The van der Waals surface area contributed by atoms with Gasteiger partial charge in [-0.15, -0.1) is 11.8 Å². The number of carboxylic acids is 1. The Labute approximate surface area is 161 Å². The van der Waals surface area contributed by atoms with Gasteiger partial charge in [-0.25, -0.2) is 4.79 Å². The van der Waals surface area contributed by atoms with Crippen LogP contribution in [0.2, 0.25) is 5.02 Å². The zero-order valence-electron chi connectivity index (χ0n) is 14.1. The average molecular weight is 385 g/mol. The predicted molar refractivity (Wildman–Crippen MR) is 106 cm³/mol. The third kappa shape index (κ3) is 3.87. The van der Waals surface area contributed by atoms with E-state index >= 15 is 0 Å². The zero-order chi connectivity index (χ0) is 18.5. The standard InChI is InChI=1S/C21H17ClO3S/c1-25-18-13-6-5-10-15(18)20(26-14-8-3-2-4-9-14)16-11-7-12-17(22)19(16)21(23)24/h2-13,20H,1H3,(H,23,24). The van der Waals surface area contributed by atoms with Crippen LogP contribution >= 0.6 is 23.4 Å². The second-order valence-corrected chi connectivity index (χ2v) is 7.15. The molecule has 0 fully saturated rings. The van der Waals surface area contributed by atoms with Gasteiger partial charge in [-0.05, 0) is 29.8 Å². The molecule has 5 heteroatoms. The zero-order valence-corrected chi connectivity index (χ0v) is 15.6. The number of carboxylic acid groups (broad SMARTS) is 1. The van der Waals surface area contributed by atoms with Crippen molar-refractivity contribution in [2.45, 2.75) is 10.1 Å². The summed E-state index contributed by atoms with van der Waals surface area (Å²) in [4.78, 5) is 12.9. The summed E-state index contributed by atoms with van der Waals surface area (Å²) in [5.74, 6) is -0.337. The van der Waals surface area contributed by atoms with Crippen LogP contribution in [0.25, 0.3) is 0 Å². The van der Waals surface area contributed by atoms with Gasteiger partial charge in [-0.1, -0.05) is 60.1 Å². The lowest BCUT2D eigenvalue weighted by molar-refractivity contribution is 0.0696. The number of thioether (sulfide) groups is 1. The monoisotopic (exact) mass is 384 g/mol. The Morgan fingerprint density at radius 2 is 1.62 bits per heavy atom. The van der Waals surface area contributed by atoms with Gasteiger partial charge < -0.3 is 9.84 Å². The van der Waals surface area contributed by atoms with Gasteiger partial charge in [0.15, 0.2) is 0 Å². The Bertz CT molecular complexity index is 912. The minimum Gasteiger partial charge on any atom is -0.496 e. The first kappa shape index (κ1) is 18.4. The summed E-state index contributed by atoms with van der Waals surface area (Å²) in [5, 5.41) is 9.66. The number of carbonyl (C=O) groups is 1. The molecule has 0 spiro atoms. The number of para-hydroxylation sites is 1. The highest BCUT2D eigenvalue weighted by molar-refractivity contribution is 7.99. The fraction of sp³-hybridized carbons (Fsp3) is 0.0952. The molecule has 1 N–H and O–H groups in total. The van der Waals surface area contributed by atoms with E-state index < -0.39 is 5.97 Å². The summed E-state index contributed by atoms with van der Waals surface area (Å²) in [7, 11) is 1.61. The van der Waals surface area contributed by atoms with E-state index in [-0.39, 0.29) is 15.8 Å². The van der Waals surface area contributed by atoms with E-state index in [2.05, 4.69) is 0 Å². The highest BCUT2D eigenvalue weighted by atomic mass is 35.5. The first-order valence-corrected chi connectivity index (χ1v) is 9.24. The van der Waals surface area contributed by atoms with Gasteiger partial charge in [0, 0.05) is 10.5 Å². The van der Waals surface area contributed by atoms with Crippen molar-refractivity contribution in [3.05, 3.63) is 94.5 Å². The highest BCUT2D eigenvalue weighted by Gasteiger charge is 2.26. The summed E-state index contributed by atoms with van der Waals surface area (Å²) in [6.07, 6.45) is 0. The Morgan fingerprint density at radius 1 is 0.962 bits per heavy atom. The molecule has 3 aromatic rings. The molecule has 26 heavy (non-hydrogen) atoms. The molecule has 3 aromatic carbocycles. The number of halogens is 1. The number of methoxy groups -OCH3 is 1. The molecule has 0 saturated heterocycles. The molecule has 0 saturated carbocycles. The number of hydrogen-bond donors (Lipinski definition) is 1. The largest absolute Gasteiger partial charge is 0.496 e. The molecule has 0 aliphatic rings. The average Bonchev–Trinajstić information content (AvgIpc) is 2.66. The maximum absolute atomic E-state index is 11.9. The van der Waals surface area contributed by atoms with Gasteiger partial charge in [0.05, 0.1) is 22.9 Å². The topological polar surface area (TPSA) is 46.5 Å². The van der Waals surface area contributed by atoms with Crippen LogP contribution in [0.1, 0.15) is 26.7 Å². The molecular formula is C21H17ClO3S. The summed E-state index contributed by atoms with van der Waals surface area (Å²) in [5.41, 5.74) is 1.66. The molecule has 0 bridgehead atoms. The lowest BCUT2D eigenvalue weighted by atomic mass is 9.98. The van der Waals surface area contributed by atoms with Crippen LogP contribution in [0.3, 0.4) is 0 Å². The summed E-state index contributed by atoms with van der Waals surface area (Å²) in [6, 6.07) is 22.7. The van der Waals surface area contributed by atoms with E-state index in [1.165, 1.54) is 0 Å². The first-order chi connectivity index (χ1) is 12.6. The van der Waals surface area contributed by atoms with E-state index in [4.69, 9.17) is 16.3 Å². The van der Waals surface area contributed by atoms with Gasteiger partial charge in [0.25, 0.3) is 0 Å². The second kappa shape index (κ2) is 8.30. The normalized spacial score (nSPS) is 11.8. The Balaban J connectivity index is 2.19. The van der Waals surface area contributed by atoms with E-state index in [1.807, 2.05) is 60.7 Å². The Morgan fingerprint density at radius 3 is 2.31 bits per heavy atom. The Kier molecular flexibility index (Phi) is 5.86. The predicted octanol–water partition coefficient (Wildman–Crippen LogP) is 5.93. The fourth-order valence-electron chi connectivity index (χ4n) is 2.80. The molecule has 1 unspecified atom stereocenters. The molecule has 0 amide bonds. The number of hydrogen-bond acceptors (Lipinski definition) is 3. The van der Waals surface area contributed by atoms with Crippen molar-refractivity contribution in [3.8, 4) is 5.75 Å². The van der Waals surface area contributed by atoms with Crippen LogP contribution in [0.4, 0.5) is 0 Å². The van der Waals surface area contributed by atoms with E-state index in [0.717, 1.165) is 10.5 Å². The summed E-state index contributed by atoms with van der Waals surface area (Å²) < 4.78 is 5.52. The van der Waals surface area contributed by atoms with Crippen LogP contribution in [-0.2, 0) is 0 Å². The fourth-order valence-corrected chi connectivity index (χ4v) is 4.29. The summed E-state index contributed by atoms with van der Waals surface area (Å²) in [6.45, 7) is 0. The summed E-state index contributed by atoms with van der Waals surface area (Å²) >= 11 is 7.77.